The van der Waals surface area contributed by atoms with Crippen molar-refractivity contribution in [2.24, 2.45) is 5.92 Å². The Hall–Kier alpha value is -0.870. The van der Waals surface area contributed by atoms with Crippen molar-refractivity contribution < 1.29 is 4.79 Å². The first-order valence-electron chi connectivity index (χ1n) is 7.72. The van der Waals surface area contributed by atoms with E-state index in [-0.39, 0.29) is 11.9 Å². The first-order valence-corrected chi connectivity index (χ1v) is 8.52. The maximum absolute atomic E-state index is 11.9. The number of benzene rings is 1. The molecule has 1 saturated carbocycles. The van der Waals surface area contributed by atoms with E-state index >= 15 is 0 Å². The fourth-order valence-electron chi connectivity index (χ4n) is 2.94. The summed E-state index contributed by atoms with van der Waals surface area (Å²) >= 11 is 3.47. The van der Waals surface area contributed by atoms with Gasteiger partial charge in [0, 0.05) is 17.6 Å². The second kappa shape index (κ2) is 7.41. The lowest BCUT2D eigenvalue weighted by Gasteiger charge is -2.38. The lowest BCUT2D eigenvalue weighted by atomic mass is 9.75. The van der Waals surface area contributed by atoms with Crippen molar-refractivity contribution in [3.05, 3.63) is 34.3 Å². The summed E-state index contributed by atoms with van der Waals surface area (Å²) in [7, 11) is 1.71. The van der Waals surface area contributed by atoms with Gasteiger partial charge in [0.05, 0.1) is 6.04 Å². The molecular weight excluding hydrogens is 328 g/mol. The minimum Gasteiger partial charge on any atom is -0.358 e. The van der Waals surface area contributed by atoms with E-state index in [9.17, 15) is 4.79 Å². The molecule has 0 aromatic heterocycles. The third-order valence-corrected chi connectivity index (χ3v) is 4.72. The molecule has 0 radical (unpaired) electrons. The molecule has 116 valence electrons. The van der Waals surface area contributed by atoms with Crippen molar-refractivity contribution in [3.63, 3.8) is 0 Å². The average Bonchev–Trinajstić information content (AvgIpc) is 2.41. The Balaban J connectivity index is 1.85. The van der Waals surface area contributed by atoms with Crippen LogP contribution in [-0.4, -0.2) is 25.0 Å². The number of hydrogen-bond donors (Lipinski definition) is 2. The molecule has 1 aromatic rings. The number of hydrogen-bond acceptors (Lipinski definition) is 2. The van der Waals surface area contributed by atoms with Crippen LogP contribution < -0.4 is 10.6 Å². The highest BCUT2D eigenvalue weighted by molar-refractivity contribution is 9.10. The van der Waals surface area contributed by atoms with E-state index < -0.39 is 0 Å². The van der Waals surface area contributed by atoms with Crippen molar-refractivity contribution in [3.8, 4) is 0 Å². The molecule has 1 aliphatic rings. The molecule has 4 heteroatoms. The van der Waals surface area contributed by atoms with Crippen molar-refractivity contribution in [1.82, 2.24) is 10.6 Å². The zero-order valence-corrected chi connectivity index (χ0v) is 14.6. The number of halogens is 1. The lowest BCUT2D eigenvalue weighted by Crippen LogP contribution is -2.51. The van der Waals surface area contributed by atoms with Crippen LogP contribution in [0.2, 0.25) is 0 Å². The van der Waals surface area contributed by atoms with Crippen LogP contribution in [0.25, 0.3) is 0 Å². The van der Waals surface area contributed by atoms with E-state index in [1.54, 1.807) is 7.05 Å². The van der Waals surface area contributed by atoms with Gasteiger partial charge in [-0.15, -0.1) is 0 Å². The van der Waals surface area contributed by atoms with E-state index in [0.29, 0.717) is 17.9 Å². The predicted octanol–water partition coefficient (Wildman–Crippen LogP) is 3.45. The van der Waals surface area contributed by atoms with Crippen molar-refractivity contribution >= 4 is 21.8 Å². The van der Waals surface area contributed by atoms with E-state index in [4.69, 9.17) is 0 Å². The highest BCUT2D eigenvalue weighted by atomic mass is 79.9. The van der Waals surface area contributed by atoms with Gasteiger partial charge in [0.25, 0.3) is 0 Å². The van der Waals surface area contributed by atoms with E-state index in [2.05, 4.69) is 64.7 Å². The van der Waals surface area contributed by atoms with Gasteiger partial charge in [0.1, 0.15) is 0 Å². The summed E-state index contributed by atoms with van der Waals surface area (Å²) in [6.45, 7) is 4.31. The summed E-state index contributed by atoms with van der Waals surface area (Å²) in [6, 6.07) is 8.97. The molecule has 1 aromatic carbocycles. The summed E-state index contributed by atoms with van der Waals surface area (Å²) in [5.41, 5.74) is 1.40. The molecule has 1 amide bonds. The maximum atomic E-state index is 11.9. The fourth-order valence-corrected chi connectivity index (χ4v) is 3.21. The minimum absolute atomic E-state index is 0.0640. The molecule has 3 nitrogen and oxygen atoms in total. The van der Waals surface area contributed by atoms with Gasteiger partial charge in [-0.25, -0.2) is 0 Å². The first kappa shape index (κ1) is 16.5. The molecule has 0 spiro atoms. The second-order valence-electron chi connectivity index (χ2n) is 6.38. The second-order valence-corrected chi connectivity index (χ2v) is 7.30. The molecule has 0 bridgehead atoms. The van der Waals surface area contributed by atoms with Crippen LogP contribution in [0, 0.1) is 5.92 Å². The highest BCUT2D eigenvalue weighted by Crippen LogP contribution is 2.37. The van der Waals surface area contributed by atoms with Gasteiger partial charge in [-0.2, -0.15) is 0 Å². The van der Waals surface area contributed by atoms with Gasteiger partial charge < -0.3 is 10.6 Å². The summed E-state index contributed by atoms with van der Waals surface area (Å²) in [5.74, 6) is 1.25. The standard InChI is InChI=1S/C17H25BrN2O/c1-11(2)8-16(17(21)19-3)20-15-9-13(10-15)12-4-6-14(18)7-5-12/h4-7,11,13,15-16,20H,8-10H2,1-3H3,(H,19,21). The summed E-state index contributed by atoms with van der Waals surface area (Å²) in [4.78, 5) is 11.9. The van der Waals surface area contributed by atoms with Gasteiger partial charge >= 0.3 is 0 Å². The quantitative estimate of drug-likeness (QED) is 0.823. The third kappa shape index (κ3) is 4.55. The minimum atomic E-state index is -0.0640. The Bertz CT molecular complexity index is 466. The molecule has 2 rings (SSSR count). The van der Waals surface area contributed by atoms with Gasteiger partial charge in [-0.1, -0.05) is 41.9 Å². The number of nitrogens with one attached hydrogen (secondary N) is 2. The third-order valence-electron chi connectivity index (χ3n) is 4.19. The lowest BCUT2D eigenvalue weighted by molar-refractivity contribution is -0.123. The maximum Gasteiger partial charge on any atom is 0.236 e. The van der Waals surface area contributed by atoms with E-state index in [1.165, 1.54) is 5.56 Å². The number of amides is 1. The molecule has 21 heavy (non-hydrogen) atoms. The summed E-state index contributed by atoms with van der Waals surface area (Å²) < 4.78 is 1.12. The van der Waals surface area contributed by atoms with Crippen LogP contribution in [0.5, 0.6) is 0 Å². The molecule has 1 unspecified atom stereocenters. The molecule has 1 aliphatic carbocycles. The molecule has 2 N–H and O–H groups in total. The predicted molar refractivity (Wildman–Crippen MR) is 90.4 cm³/mol. The molecule has 1 fully saturated rings. The molecule has 0 saturated heterocycles. The summed E-state index contributed by atoms with van der Waals surface area (Å²) in [5, 5.41) is 6.29. The normalized spacial score (nSPS) is 22.7. The number of carbonyl (C=O) groups excluding carboxylic acids is 1. The van der Waals surface area contributed by atoms with Crippen LogP contribution in [0.1, 0.15) is 44.6 Å². The monoisotopic (exact) mass is 352 g/mol. The van der Waals surface area contributed by atoms with Crippen LogP contribution >= 0.6 is 15.9 Å². The average molecular weight is 353 g/mol. The molecule has 0 aliphatic heterocycles. The Morgan fingerprint density at radius 1 is 1.29 bits per heavy atom. The molecule has 1 atom stereocenters. The van der Waals surface area contributed by atoms with E-state index in [1.807, 2.05) is 0 Å². The Kier molecular flexibility index (Phi) is 5.82. The van der Waals surface area contributed by atoms with Gasteiger partial charge in [0.2, 0.25) is 5.91 Å². The topological polar surface area (TPSA) is 41.1 Å². The molecular formula is C17H25BrN2O. The Morgan fingerprint density at radius 2 is 1.90 bits per heavy atom. The van der Waals surface area contributed by atoms with Gasteiger partial charge in [-0.05, 0) is 48.8 Å². The largest absolute Gasteiger partial charge is 0.358 e. The number of rotatable bonds is 6. The zero-order chi connectivity index (χ0) is 15.4. The van der Waals surface area contributed by atoms with E-state index in [0.717, 1.165) is 23.7 Å². The van der Waals surface area contributed by atoms with Crippen LogP contribution in [0.15, 0.2) is 28.7 Å². The Morgan fingerprint density at radius 3 is 2.43 bits per heavy atom. The summed E-state index contributed by atoms with van der Waals surface area (Å²) in [6.07, 6.45) is 3.12. The smallest absolute Gasteiger partial charge is 0.236 e. The van der Waals surface area contributed by atoms with Crippen LogP contribution in [-0.2, 0) is 4.79 Å². The first-order chi connectivity index (χ1) is 9.99. The highest BCUT2D eigenvalue weighted by Gasteiger charge is 2.33. The molecule has 0 heterocycles. The number of carbonyl (C=O) groups is 1. The Labute approximate surface area is 136 Å². The zero-order valence-electron chi connectivity index (χ0n) is 13.0. The van der Waals surface area contributed by atoms with Crippen LogP contribution in [0.4, 0.5) is 0 Å². The fraction of sp³-hybridized carbons (Fsp3) is 0.588. The van der Waals surface area contributed by atoms with Gasteiger partial charge in [0.15, 0.2) is 0 Å². The van der Waals surface area contributed by atoms with Crippen molar-refractivity contribution in [2.45, 2.75) is 51.1 Å². The van der Waals surface area contributed by atoms with Crippen molar-refractivity contribution in [2.75, 3.05) is 7.05 Å². The SMILES string of the molecule is CNC(=O)C(CC(C)C)NC1CC(c2ccc(Br)cc2)C1. The van der Waals surface area contributed by atoms with Gasteiger partial charge in [-0.3, -0.25) is 4.79 Å². The van der Waals surface area contributed by atoms with Crippen LogP contribution in [0.3, 0.4) is 0 Å². The number of likely N-dealkylation sites (N-methyl/N-ethyl adjacent to an activating group) is 1. The van der Waals surface area contributed by atoms with Crippen molar-refractivity contribution in [1.29, 1.82) is 0 Å².